The molecule has 164 valence electrons. The molecule has 0 unspecified atom stereocenters. The Morgan fingerprint density at radius 3 is 1.66 bits per heavy atom. The second-order valence-corrected chi connectivity index (χ2v) is 11.1. The molecular weight excluding hydrogens is 348 g/mol. The Morgan fingerprint density at radius 2 is 1.14 bits per heavy atom. The van der Waals surface area contributed by atoms with E-state index in [1.54, 1.807) is 0 Å². The van der Waals surface area contributed by atoms with Gasteiger partial charge in [0.15, 0.2) is 0 Å². The Morgan fingerprint density at radius 1 is 0.621 bits per heavy atom. The van der Waals surface area contributed by atoms with Crippen LogP contribution in [0.25, 0.3) is 0 Å². The first kappa shape index (κ1) is 22.9. The third-order valence-corrected chi connectivity index (χ3v) is 8.47. The lowest BCUT2D eigenvalue weighted by molar-refractivity contribution is 0.148. The lowest BCUT2D eigenvalue weighted by atomic mass is 9.69. The number of hydrogen-bond acceptors (Lipinski definition) is 0. The molecule has 0 radical (unpaired) electrons. The van der Waals surface area contributed by atoms with Gasteiger partial charge >= 0.3 is 0 Å². The van der Waals surface area contributed by atoms with Gasteiger partial charge in [-0.05, 0) is 80.6 Å². The molecule has 0 N–H and O–H groups in total. The maximum Gasteiger partial charge on any atom is -0.0276 e. The molecule has 4 rings (SSSR count). The molecule has 3 aliphatic carbocycles. The number of hydrogen-bond donors (Lipinski definition) is 0. The molecule has 0 heteroatoms. The summed E-state index contributed by atoms with van der Waals surface area (Å²) in [7, 11) is 0. The molecule has 0 aliphatic heterocycles. The number of rotatable bonds is 4. The van der Waals surface area contributed by atoms with E-state index in [1.165, 1.54) is 107 Å². The molecule has 3 fully saturated rings. The predicted octanol–water partition coefficient (Wildman–Crippen LogP) is 9.15. The summed E-state index contributed by atoms with van der Waals surface area (Å²) in [5.41, 5.74) is 2.92. The molecule has 29 heavy (non-hydrogen) atoms. The zero-order valence-electron chi connectivity index (χ0n) is 19.8. The van der Waals surface area contributed by atoms with E-state index in [0.29, 0.717) is 0 Å². The third kappa shape index (κ3) is 8.10. The van der Waals surface area contributed by atoms with Crippen molar-refractivity contribution in [3.63, 3.8) is 0 Å². The van der Waals surface area contributed by atoms with E-state index in [2.05, 4.69) is 45.0 Å². The van der Waals surface area contributed by atoms with Gasteiger partial charge in [-0.1, -0.05) is 101 Å². The first-order chi connectivity index (χ1) is 14.1. The second-order valence-electron chi connectivity index (χ2n) is 11.1. The van der Waals surface area contributed by atoms with E-state index in [-0.39, 0.29) is 0 Å². The van der Waals surface area contributed by atoms with E-state index in [0.717, 1.165) is 29.6 Å². The highest BCUT2D eigenvalue weighted by Gasteiger charge is 2.29. The summed E-state index contributed by atoms with van der Waals surface area (Å²) in [5.74, 6) is 5.19. The summed E-state index contributed by atoms with van der Waals surface area (Å²) >= 11 is 0. The minimum Gasteiger partial charge on any atom is -0.0625 e. The molecule has 3 aliphatic rings. The summed E-state index contributed by atoms with van der Waals surface area (Å²) < 4.78 is 0. The summed E-state index contributed by atoms with van der Waals surface area (Å²) in [6.07, 6.45) is 22.2. The van der Waals surface area contributed by atoms with E-state index < -0.39 is 0 Å². The van der Waals surface area contributed by atoms with Gasteiger partial charge < -0.3 is 0 Å². The second kappa shape index (κ2) is 12.2. The van der Waals surface area contributed by atoms with E-state index in [9.17, 15) is 0 Å². The molecule has 0 atom stereocenters. The minimum absolute atomic E-state index is 1.00. The molecule has 0 spiro atoms. The Labute approximate surface area is 182 Å². The van der Waals surface area contributed by atoms with Gasteiger partial charge in [0.2, 0.25) is 0 Å². The number of aryl methyl sites for hydroxylation is 2. The van der Waals surface area contributed by atoms with Crippen molar-refractivity contribution in [3.05, 3.63) is 35.4 Å². The highest BCUT2D eigenvalue weighted by Crippen LogP contribution is 2.42. The van der Waals surface area contributed by atoms with Crippen LogP contribution in [0.15, 0.2) is 24.3 Å². The molecule has 0 aromatic heterocycles. The van der Waals surface area contributed by atoms with Crippen LogP contribution in [0.4, 0.5) is 0 Å². The van der Waals surface area contributed by atoms with Crippen molar-refractivity contribution in [1.82, 2.24) is 0 Å². The van der Waals surface area contributed by atoms with Crippen molar-refractivity contribution in [3.8, 4) is 0 Å². The fraction of sp³-hybridized carbons (Fsp3) is 0.793. The van der Waals surface area contributed by atoms with E-state index in [1.807, 2.05) is 0 Å². The first-order valence-electron chi connectivity index (χ1n) is 13.2. The molecule has 0 heterocycles. The largest absolute Gasteiger partial charge is 0.0625 e. The normalized spacial score (nSPS) is 31.0. The minimum atomic E-state index is 1.00. The summed E-state index contributed by atoms with van der Waals surface area (Å²) in [6.45, 7) is 6.98. The average molecular weight is 397 g/mol. The third-order valence-electron chi connectivity index (χ3n) is 8.47. The average Bonchev–Trinajstić information content (AvgIpc) is 2.75. The van der Waals surface area contributed by atoms with Crippen molar-refractivity contribution in [1.29, 1.82) is 0 Å². The molecule has 0 saturated heterocycles. The predicted molar refractivity (Wildman–Crippen MR) is 128 cm³/mol. The van der Waals surface area contributed by atoms with E-state index in [4.69, 9.17) is 0 Å². The lowest BCUT2D eigenvalue weighted by Gasteiger charge is -2.37. The van der Waals surface area contributed by atoms with Crippen LogP contribution in [0.1, 0.15) is 115 Å². The van der Waals surface area contributed by atoms with Crippen LogP contribution in [0.3, 0.4) is 0 Å². The maximum atomic E-state index is 2.44. The van der Waals surface area contributed by atoms with Gasteiger partial charge in [-0.25, -0.2) is 0 Å². The summed E-state index contributed by atoms with van der Waals surface area (Å²) in [4.78, 5) is 0. The molecule has 1 aromatic rings. The topological polar surface area (TPSA) is 0 Å². The van der Waals surface area contributed by atoms with Gasteiger partial charge in [0.25, 0.3) is 0 Å². The summed E-state index contributed by atoms with van der Waals surface area (Å²) in [5, 5.41) is 0. The zero-order chi connectivity index (χ0) is 20.5. The van der Waals surface area contributed by atoms with Gasteiger partial charge in [0.05, 0.1) is 0 Å². The molecular formula is C29H48. The van der Waals surface area contributed by atoms with Crippen LogP contribution in [0.5, 0.6) is 0 Å². The Balaban J connectivity index is 0.000000290. The zero-order valence-corrected chi connectivity index (χ0v) is 19.8. The van der Waals surface area contributed by atoms with Crippen LogP contribution >= 0.6 is 0 Å². The van der Waals surface area contributed by atoms with Crippen molar-refractivity contribution < 1.29 is 0 Å². The molecule has 0 bridgehead atoms. The highest BCUT2D eigenvalue weighted by atomic mass is 14.3. The van der Waals surface area contributed by atoms with Crippen molar-refractivity contribution in [2.45, 2.75) is 117 Å². The summed E-state index contributed by atoms with van der Waals surface area (Å²) in [6, 6.07) is 9.17. The lowest BCUT2D eigenvalue weighted by Crippen LogP contribution is -2.25. The van der Waals surface area contributed by atoms with Crippen LogP contribution in [0.2, 0.25) is 0 Å². The van der Waals surface area contributed by atoms with E-state index >= 15 is 0 Å². The van der Waals surface area contributed by atoms with Crippen molar-refractivity contribution in [2.24, 2.45) is 29.6 Å². The van der Waals surface area contributed by atoms with Crippen molar-refractivity contribution in [2.75, 3.05) is 0 Å². The quantitative estimate of drug-likeness (QED) is 0.476. The molecule has 0 nitrogen and oxygen atoms in total. The van der Waals surface area contributed by atoms with Gasteiger partial charge in [0, 0.05) is 0 Å². The first-order valence-corrected chi connectivity index (χ1v) is 13.2. The van der Waals surface area contributed by atoms with Gasteiger partial charge in [0.1, 0.15) is 0 Å². The van der Waals surface area contributed by atoms with Crippen LogP contribution in [-0.4, -0.2) is 0 Å². The fourth-order valence-corrected chi connectivity index (χ4v) is 6.14. The van der Waals surface area contributed by atoms with Gasteiger partial charge in [-0.3, -0.25) is 0 Å². The van der Waals surface area contributed by atoms with Crippen LogP contribution < -0.4 is 0 Å². The van der Waals surface area contributed by atoms with Gasteiger partial charge in [-0.2, -0.15) is 0 Å². The monoisotopic (exact) mass is 396 g/mol. The van der Waals surface area contributed by atoms with Crippen LogP contribution in [-0.2, 0) is 6.42 Å². The molecule has 0 amide bonds. The maximum absolute atomic E-state index is 2.44. The highest BCUT2D eigenvalue weighted by molar-refractivity contribution is 5.21. The fourth-order valence-electron chi connectivity index (χ4n) is 6.14. The van der Waals surface area contributed by atoms with Crippen LogP contribution in [0, 0.1) is 36.5 Å². The van der Waals surface area contributed by atoms with Crippen molar-refractivity contribution >= 4 is 0 Å². The van der Waals surface area contributed by atoms with Gasteiger partial charge in [-0.15, -0.1) is 0 Å². The standard InChI is InChI=1S/C22H34.C7H14/c1-17-3-7-19(8-4-17)9-10-20-11-15-22(16-12-20)21-13-5-18(2)6-14-21;1-7-5-3-2-4-6-7/h3-4,7-8,18,20-22H,5-6,9-16H2,1-2H3;7H,2-6H2,1H3. The molecule has 1 aromatic carbocycles. The Bertz CT molecular complexity index is 534. The smallest absolute Gasteiger partial charge is 0.0276 e. The Kier molecular flexibility index (Phi) is 9.60. The molecule has 3 saturated carbocycles. The number of benzene rings is 1. The SMILES string of the molecule is CC1CCCCC1.Cc1ccc(CCC2CCC(C3CCC(C)CC3)CC2)cc1. The Hall–Kier alpha value is -0.780.